The molecule has 0 fully saturated rings. The Morgan fingerprint density at radius 1 is 1.25 bits per heavy atom. The first-order valence-corrected chi connectivity index (χ1v) is 7.76. The third kappa shape index (κ3) is 3.57. The van der Waals surface area contributed by atoms with E-state index in [1.165, 1.54) is 18.4 Å². The van der Waals surface area contributed by atoms with Crippen molar-refractivity contribution >= 4 is 5.52 Å². The van der Waals surface area contributed by atoms with Crippen LogP contribution in [-0.2, 0) is 0 Å². The highest BCUT2D eigenvalue weighted by Gasteiger charge is 2.18. The van der Waals surface area contributed by atoms with Crippen LogP contribution in [0, 0.1) is 5.92 Å². The molecule has 0 amide bonds. The molecular weight excluding hydrogens is 248 g/mol. The van der Waals surface area contributed by atoms with Gasteiger partial charge in [0.2, 0.25) is 0 Å². The van der Waals surface area contributed by atoms with Gasteiger partial charge in [0.05, 0.1) is 17.9 Å². The van der Waals surface area contributed by atoms with E-state index in [4.69, 9.17) is 0 Å². The van der Waals surface area contributed by atoms with Crippen molar-refractivity contribution < 1.29 is 0 Å². The maximum absolute atomic E-state index is 4.44. The SMILES string of the molecule is CCCNC(CC(C)CCC)c1cnn2ccncc12. The fourth-order valence-corrected chi connectivity index (χ4v) is 2.77. The molecule has 0 aliphatic carbocycles. The number of fused-ring (bicyclic) bond motifs is 1. The number of nitrogens with zero attached hydrogens (tertiary/aromatic N) is 3. The van der Waals surface area contributed by atoms with Crippen molar-refractivity contribution in [2.45, 2.75) is 52.5 Å². The standard InChI is InChI=1S/C16H26N4/c1-4-6-13(3)10-15(18-7-5-2)14-11-19-20-9-8-17-12-16(14)20/h8-9,11-13,15,18H,4-7,10H2,1-3H3. The molecule has 4 nitrogen and oxygen atoms in total. The van der Waals surface area contributed by atoms with E-state index in [1.807, 2.05) is 23.1 Å². The minimum Gasteiger partial charge on any atom is -0.310 e. The second-order valence-electron chi connectivity index (χ2n) is 5.64. The van der Waals surface area contributed by atoms with Crippen LogP contribution in [0.25, 0.3) is 5.52 Å². The summed E-state index contributed by atoms with van der Waals surface area (Å²) in [4.78, 5) is 4.24. The average molecular weight is 274 g/mol. The Morgan fingerprint density at radius 2 is 2.10 bits per heavy atom. The van der Waals surface area contributed by atoms with Gasteiger partial charge in [0.15, 0.2) is 0 Å². The van der Waals surface area contributed by atoms with Gasteiger partial charge in [-0.05, 0) is 25.3 Å². The second-order valence-corrected chi connectivity index (χ2v) is 5.64. The van der Waals surface area contributed by atoms with Gasteiger partial charge in [0.25, 0.3) is 0 Å². The van der Waals surface area contributed by atoms with E-state index < -0.39 is 0 Å². The van der Waals surface area contributed by atoms with E-state index >= 15 is 0 Å². The lowest BCUT2D eigenvalue weighted by atomic mass is 9.93. The molecular formula is C16H26N4. The largest absolute Gasteiger partial charge is 0.310 e. The van der Waals surface area contributed by atoms with Crippen LogP contribution in [0.2, 0.25) is 0 Å². The Kier molecular flexibility index (Phi) is 5.53. The Bertz CT molecular complexity index is 520. The van der Waals surface area contributed by atoms with E-state index in [9.17, 15) is 0 Å². The van der Waals surface area contributed by atoms with Crippen LogP contribution in [-0.4, -0.2) is 21.1 Å². The molecule has 0 aromatic carbocycles. The highest BCUT2D eigenvalue weighted by Crippen LogP contribution is 2.26. The lowest BCUT2D eigenvalue weighted by molar-refractivity contribution is 0.391. The molecule has 2 rings (SSSR count). The zero-order valence-electron chi connectivity index (χ0n) is 12.8. The molecule has 1 N–H and O–H groups in total. The summed E-state index contributed by atoms with van der Waals surface area (Å²) in [6.45, 7) is 7.84. The Balaban J connectivity index is 2.20. The molecule has 0 aliphatic heterocycles. The van der Waals surface area contributed by atoms with Crippen LogP contribution in [0.1, 0.15) is 58.1 Å². The van der Waals surface area contributed by atoms with Gasteiger partial charge in [0.1, 0.15) is 0 Å². The summed E-state index contributed by atoms with van der Waals surface area (Å²) in [5.74, 6) is 0.723. The normalized spacial score (nSPS) is 14.6. The summed E-state index contributed by atoms with van der Waals surface area (Å²) in [5, 5.41) is 8.11. The monoisotopic (exact) mass is 274 g/mol. The van der Waals surface area contributed by atoms with E-state index in [0.29, 0.717) is 6.04 Å². The molecule has 0 aliphatic rings. The molecule has 0 saturated heterocycles. The van der Waals surface area contributed by atoms with Crippen LogP contribution in [0.15, 0.2) is 24.8 Å². The minimum atomic E-state index is 0.373. The van der Waals surface area contributed by atoms with Crippen molar-refractivity contribution in [3.63, 3.8) is 0 Å². The van der Waals surface area contributed by atoms with Crippen LogP contribution in [0.3, 0.4) is 0 Å². The second kappa shape index (κ2) is 7.39. The predicted molar refractivity (Wildman–Crippen MR) is 82.7 cm³/mol. The van der Waals surface area contributed by atoms with E-state index in [1.54, 1.807) is 6.20 Å². The Labute approximate surface area is 121 Å². The highest BCUT2D eigenvalue weighted by atomic mass is 15.2. The molecule has 0 spiro atoms. The molecule has 110 valence electrons. The van der Waals surface area contributed by atoms with Crippen molar-refractivity contribution in [3.05, 3.63) is 30.4 Å². The van der Waals surface area contributed by atoms with E-state index in [2.05, 4.69) is 36.2 Å². The van der Waals surface area contributed by atoms with Gasteiger partial charge in [-0.15, -0.1) is 0 Å². The van der Waals surface area contributed by atoms with Crippen molar-refractivity contribution in [3.8, 4) is 0 Å². The molecule has 0 radical (unpaired) electrons. The summed E-state index contributed by atoms with van der Waals surface area (Å²) in [6.07, 6.45) is 12.4. The first-order chi connectivity index (χ1) is 9.76. The topological polar surface area (TPSA) is 42.2 Å². The van der Waals surface area contributed by atoms with Crippen molar-refractivity contribution in [1.29, 1.82) is 0 Å². The molecule has 2 heterocycles. The zero-order chi connectivity index (χ0) is 14.4. The van der Waals surface area contributed by atoms with E-state index in [0.717, 1.165) is 30.8 Å². The third-order valence-corrected chi connectivity index (χ3v) is 3.79. The quantitative estimate of drug-likeness (QED) is 0.799. The van der Waals surface area contributed by atoms with Gasteiger partial charge in [-0.25, -0.2) is 4.52 Å². The van der Waals surface area contributed by atoms with Crippen molar-refractivity contribution in [2.75, 3.05) is 6.54 Å². The summed E-state index contributed by atoms with van der Waals surface area (Å²) in [5.41, 5.74) is 2.39. The molecule has 0 saturated carbocycles. The van der Waals surface area contributed by atoms with Gasteiger partial charge >= 0.3 is 0 Å². The lowest BCUT2D eigenvalue weighted by Crippen LogP contribution is -2.24. The fourth-order valence-electron chi connectivity index (χ4n) is 2.77. The average Bonchev–Trinajstić information content (AvgIpc) is 2.87. The number of rotatable bonds is 8. The molecule has 2 aromatic rings. The van der Waals surface area contributed by atoms with Crippen LogP contribution < -0.4 is 5.32 Å². The van der Waals surface area contributed by atoms with Gasteiger partial charge < -0.3 is 5.32 Å². The zero-order valence-corrected chi connectivity index (χ0v) is 12.8. The molecule has 20 heavy (non-hydrogen) atoms. The maximum atomic E-state index is 4.44. The lowest BCUT2D eigenvalue weighted by Gasteiger charge is -2.21. The Morgan fingerprint density at radius 3 is 2.85 bits per heavy atom. The predicted octanol–water partition coefficient (Wildman–Crippen LogP) is 3.60. The summed E-state index contributed by atoms with van der Waals surface area (Å²) >= 11 is 0. The molecule has 0 bridgehead atoms. The Hall–Kier alpha value is -1.42. The van der Waals surface area contributed by atoms with Gasteiger partial charge in [-0.3, -0.25) is 4.98 Å². The number of hydrogen-bond donors (Lipinski definition) is 1. The summed E-state index contributed by atoms with van der Waals surface area (Å²) in [7, 11) is 0. The van der Waals surface area contributed by atoms with E-state index in [-0.39, 0.29) is 0 Å². The van der Waals surface area contributed by atoms with Crippen LogP contribution >= 0.6 is 0 Å². The molecule has 2 unspecified atom stereocenters. The van der Waals surface area contributed by atoms with Gasteiger partial charge in [-0.2, -0.15) is 5.10 Å². The molecule has 2 atom stereocenters. The maximum Gasteiger partial charge on any atom is 0.0892 e. The van der Waals surface area contributed by atoms with Gasteiger partial charge in [0, 0.05) is 24.0 Å². The van der Waals surface area contributed by atoms with Crippen LogP contribution in [0.4, 0.5) is 0 Å². The molecule has 4 heteroatoms. The first kappa shape index (κ1) is 15.0. The summed E-state index contributed by atoms with van der Waals surface area (Å²) < 4.78 is 1.91. The van der Waals surface area contributed by atoms with Crippen molar-refractivity contribution in [1.82, 2.24) is 19.9 Å². The van der Waals surface area contributed by atoms with Gasteiger partial charge in [-0.1, -0.05) is 33.6 Å². The third-order valence-electron chi connectivity index (χ3n) is 3.79. The smallest absolute Gasteiger partial charge is 0.0892 e. The first-order valence-electron chi connectivity index (χ1n) is 7.76. The number of aromatic nitrogens is 3. The number of nitrogens with one attached hydrogen (secondary N) is 1. The van der Waals surface area contributed by atoms with Crippen LogP contribution in [0.5, 0.6) is 0 Å². The fraction of sp³-hybridized carbons (Fsp3) is 0.625. The highest BCUT2D eigenvalue weighted by molar-refractivity contribution is 5.53. The summed E-state index contributed by atoms with van der Waals surface area (Å²) in [6, 6.07) is 0.373. The van der Waals surface area contributed by atoms with Crippen molar-refractivity contribution in [2.24, 2.45) is 5.92 Å². The molecule has 2 aromatic heterocycles. The minimum absolute atomic E-state index is 0.373. The number of hydrogen-bond acceptors (Lipinski definition) is 3.